The van der Waals surface area contributed by atoms with E-state index in [9.17, 15) is 14.0 Å². The van der Waals surface area contributed by atoms with E-state index in [0.29, 0.717) is 48.3 Å². The second-order valence-corrected chi connectivity index (χ2v) is 10.1. The zero-order valence-electron chi connectivity index (χ0n) is 22.3. The molecule has 0 saturated carbocycles. The van der Waals surface area contributed by atoms with E-state index in [1.165, 1.54) is 29.2 Å². The molecule has 1 unspecified atom stereocenters. The van der Waals surface area contributed by atoms with Crippen LogP contribution in [-0.4, -0.2) is 52.4 Å². The fourth-order valence-corrected chi connectivity index (χ4v) is 4.75. The maximum atomic E-state index is 14.0. The van der Waals surface area contributed by atoms with E-state index < -0.39 is 11.9 Å². The van der Waals surface area contributed by atoms with Crippen molar-refractivity contribution in [3.05, 3.63) is 69.5 Å². The molecule has 0 aliphatic rings. The summed E-state index contributed by atoms with van der Waals surface area (Å²) in [7, 11) is 3.94. The van der Waals surface area contributed by atoms with Gasteiger partial charge in [-0.15, -0.1) is 0 Å². The molecule has 0 spiro atoms. The number of benzene rings is 2. The number of hydrogen-bond acceptors (Lipinski definition) is 4. The predicted molar refractivity (Wildman–Crippen MR) is 149 cm³/mol. The fourth-order valence-electron chi connectivity index (χ4n) is 4.57. The van der Waals surface area contributed by atoms with E-state index >= 15 is 0 Å². The molecule has 200 valence electrons. The molecule has 1 aromatic heterocycles. The zero-order valence-corrected chi connectivity index (χ0v) is 23.1. The second kappa shape index (κ2) is 13.7. The van der Waals surface area contributed by atoms with Crippen molar-refractivity contribution < 1.29 is 9.18 Å². The number of para-hydroxylation sites is 1. The highest BCUT2D eigenvalue weighted by atomic mass is 35.5. The summed E-state index contributed by atoms with van der Waals surface area (Å²) >= 11 is 6.11. The first-order chi connectivity index (χ1) is 17.8. The van der Waals surface area contributed by atoms with Gasteiger partial charge in [-0.25, -0.2) is 9.37 Å². The van der Waals surface area contributed by atoms with Crippen molar-refractivity contribution in [2.45, 2.75) is 64.8 Å². The van der Waals surface area contributed by atoms with Crippen molar-refractivity contribution >= 4 is 28.4 Å². The third-order valence-electron chi connectivity index (χ3n) is 6.63. The Morgan fingerprint density at radius 3 is 2.46 bits per heavy atom. The normalized spacial score (nSPS) is 12.3. The minimum Gasteiger partial charge on any atom is -0.331 e. The van der Waals surface area contributed by atoms with Crippen LogP contribution in [0.15, 0.2) is 47.3 Å². The molecular formula is C29H38ClFN4O2. The summed E-state index contributed by atoms with van der Waals surface area (Å²) in [5.41, 5.74) is 0.703. The van der Waals surface area contributed by atoms with E-state index in [2.05, 4.69) is 6.92 Å². The van der Waals surface area contributed by atoms with Crippen LogP contribution in [0.5, 0.6) is 0 Å². The van der Waals surface area contributed by atoms with Crippen LogP contribution in [0, 0.1) is 5.82 Å². The lowest BCUT2D eigenvalue weighted by Gasteiger charge is -2.33. The largest absolute Gasteiger partial charge is 0.331 e. The number of fused-ring (bicyclic) bond motifs is 1. The van der Waals surface area contributed by atoms with Gasteiger partial charge in [0.2, 0.25) is 5.91 Å². The molecule has 1 heterocycles. The molecule has 2 aromatic carbocycles. The SMILES string of the molecule is CCCCCCCC(=O)N(CCN(C)C)C(CC)c1nc2ccccc2c(=O)n1-c1ccc(F)c(Cl)c1. The van der Waals surface area contributed by atoms with Crippen molar-refractivity contribution in [2.24, 2.45) is 0 Å². The molecule has 0 radical (unpaired) electrons. The van der Waals surface area contributed by atoms with Crippen molar-refractivity contribution in [2.75, 3.05) is 27.2 Å². The van der Waals surface area contributed by atoms with Crippen LogP contribution in [0.2, 0.25) is 5.02 Å². The molecule has 3 rings (SSSR count). The van der Waals surface area contributed by atoms with Crippen LogP contribution in [0.1, 0.15) is 70.7 Å². The lowest BCUT2D eigenvalue weighted by Crippen LogP contribution is -2.41. The molecule has 0 aliphatic carbocycles. The van der Waals surface area contributed by atoms with E-state index in [4.69, 9.17) is 16.6 Å². The van der Waals surface area contributed by atoms with Gasteiger partial charge in [0, 0.05) is 19.5 Å². The van der Waals surface area contributed by atoms with Crippen molar-refractivity contribution in [3.8, 4) is 5.69 Å². The topological polar surface area (TPSA) is 58.4 Å². The highest BCUT2D eigenvalue weighted by molar-refractivity contribution is 6.30. The van der Waals surface area contributed by atoms with Crippen LogP contribution in [0.25, 0.3) is 16.6 Å². The monoisotopic (exact) mass is 528 g/mol. The van der Waals surface area contributed by atoms with Gasteiger partial charge in [-0.2, -0.15) is 0 Å². The Balaban J connectivity index is 2.12. The lowest BCUT2D eigenvalue weighted by atomic mass is 10.1. The average Bonchev–Trinajstić information content (AvgIpc) is 2.88. The molecule has 0 fully saturated rings. The molecule has 1 amide bonds. The van der Waals surface area contributed by atoms with E-state index in [-0.39, 0.29) is 16.5 Å². The molecule has 1 atom stereocenters. The number of likely N-dealkylation sites (N-methyl/N-ethyl adjacent to an activating group) is 1. The van der Waals surface area contributed by atoms with Crippen molar-refractivity contribution in [1.82, 2.24) is 19.4 Å². The van der Waals surface area contributed by atoms with Crippen LogP contribution in [-0.2, 0) is 4.79 Å². The van der Waals surface area contributed by atoms with E-state index in [1.54, 1.807) is 18.2 Å². The number of amides is 1. The maximum Gasteiger partial charge on any atom is 0.266 e. The van der Waals surface area contributed by atoms with Crippen LogP contribution in [0.4, 0.5) is 4.39 Å². The predicted octanol–water partition coefficient (Wildman–Crippen LogP) is 6.38. The van der Waals surface area contributed by atoms with Gasteiger partial charge in [-0.3, -0.25) is 14.2 Å². The van der Waals surface area contributed by atoms with Crippen molar-refractivity contribution in [3.63, 3.8) is 0 Å². The number of nitrogens with zero attached hydrogens (tertiary/aromatic N) is 4. The molecule has 0 N–H and O–H groups in total. The number of rotatable bonds is 13. The van der Waals surface area contributed by atoms with Gasteiger partial charge in [0.05, 0.1) is 27.7 Å². The number of aromatic nitrogens is 2. The first kappa shape index (κ1) is 28.8. The third kappa shape index (κ3) is 7.17. The Hall–Kier alpha value is -2.77. The van der Waals surface area contributed by atoms with Gasteiger partial charge < -0.3 is 9.80 Å². The summed E-state index contributed by atoms with van der Waals surface area (Å²) in [5, 5.41) is 0.368. The van der Waals surface area contributed by atoms with Gasteiger partial charge >= 0.3 is 0 Å². The third-order valence-corrected chi connectivity index (χ3v) is 6.92. The first-order valence-electron chi connectivity index (χ1n) is 13.2. The van der Waals surface area contributed by atoms with Gasteiger partial charge in [-0.05, 0) is 57.3 Å². The van der Waals surface area contributed by atoms with Gasteiger partial charge in [0.15, 0.2) is 0 Å². The van der Waals surface area contributed by atoms with Gasteiger partial charge in [0.1, 0.15) is 11.6 Å². The number of halogens is 2. The quantitative estimate of drug-likeness (QED) is 0.241. The average molecular weight is 529 g/mol. The van der Waals surface area contributed by atoms with Crippen molar-refractivity contribution in [1.29, 1.82) is 0 Å². The Labute approximate surface area is 224 Å². The summed E-state index contributed by atoms with van der Waals surface area (Å²) in [6.45, 7) is 5.35. The summed E-state index contributed by atoms with van der Waals surface area (Å²) in [6, 6.07) is 10.9. The van der Waals surface area contributed by atoms with Gasteiger partial charge in [-0.1, -0.05) is 63.3 Å². The van der Waals surface area contributed by atoms with Crippen LogP contribution in [0.3, 0.4) is 0 Å². The highest BCUT2D eigenvalue weighted by Crippen LogP contribution is 2.28. The summed E-state index contributed by atoms with van der Waals surface area (Å²) in [5.74, 6) is -0.0603. The molecule has 0 saturated heterocycles. The molecule has 0 bridgehead atoms. The maximum absolute atomic E-state index is 14.0. The Bertz CT molecular complexity index is 1260. The van der Waals surface area contributed by atoms with E-state index in [1.807, 2.05) is 36.9 Å². The molecule has 37 heavy (non-hydrogen) atoms. The number of hydrogen-bond donors (Lipinski definition) is 0. The standard InChI is InChI=1S/C29H38ClFN4O2/c1-5-7-8-9-10-15-27(36)34(19-18-33(3)4)26(6-2)28-32-25-14-12-11-13-22(25)29(37)35(28)21-16-17-24(31)23(30)20-21/h11-14,16-17,20,26H,5-10,15,18-19H2,1-4H3. The minimum atomic E-state index is -0.563. The molecule has 3 aromatic rings. The summed E-state index contributed by atoms with van der Waals surface area (Å²) in [4.78, 5) is 36.2. The molecular weight excluding hydrogens is 491 g/mol. The fraction of sp³-hybridized carbons (Fsp3) is 0.483. The Kier molecular flexibility index (Phi) is 10.6. The molecule has 0 aliphatic heterocycles. The highest BCUT2D eigenvalue weighted by Gasteiger charge is 2.29. The van der Waals surface area contributed by atoms with Crippen LogP contribution < -0.4 is 5.56 Å². The smallest absolute Gasteiger partial charge is 0.266 e. The zero-order chi connectivity index (χ0) is 26.9. The molecule has 6 nitrogen and oxygen atoms in total. The lowest BCUT2D eigenvalue weighted by molar-refractivity contribution is -0.134. The van der Waals surface area contributed by atoms with Crippen LogP contribution >= 0.6 is 11.6 Å². The first-order valence-corrected chi connectivity index (χ1v) is 13.6. The number of carbonyl (C=O) groups is 1. The summed E-state index contributed by atoms with van der Waals surface area (Å²) in [6.07, 6.45) is 6.31. The Morgan fingerprint density at radius 2 is 1.78 bits per heavy atom. The summed E-state index contributed by atoms with van der Waals surface area (Å²) < 4.78 is 15.5. The number of carbonyl (C=O) groups excluding carboxylic acids is 1. The second-order valence-electron chi connectivity index (χ2n) is 9.70. The molecule has 8 heteroatoms. The van der Waals surface area contributed by atoms with E-state index in [0.717, 1.165) is 25.7 Å². The Morgan fingerprint density at radius 1 is 1.05 bits per heavy atom. The number of unbranched alkanes of at least 4 members (excludes halogenated alkanes) is 4. The van der Waals surface area contributed by atoms with Gasteiger partial charge in [0.25, 0.3) is 5.56 Å². The minimum absolute atomic E-state index is 0.0521.